The fourth-order valence-electron chi connectivity index (χ4n) is 1.78. The maximum atomic E-state index is 13.5. The van der Waals surface area contributed by atoms with Crippen LogP contribution in [-0.4, -0.2) is 18.1 Å². The van der Waals surface area contributed by atoms with Gasteiger partial charge in [0.1, 0.15) is 11.4 Å². The first kappa shape index (κ1) is 12.6. The number of hydrogen-bond donors (Lipinski definition) is 1. The van der Waals surface area contributed by atoms with E-state index in [1.54, 1.807) is 29.4 Å². The second-order valence-corrected chi connectivity index (χ2v) is 4.71. The van der Waals surface area contributed by atoms with Gasteiger partial charge in [-0.3, -0.25) is 0 Å². The van der Waals surface area contributed by atoms with Gasteiger partial charge < -0.3 is 10.0 Å². The molecular weight excluding hydrogens is 253 g/mol. The molecule has 3 nitrogen and oxygen atoms in total. The molecule has 0 spiro atoms. The molecular formula is C13H12FNO2S. The molecule has 2 rings (SSSR count). The van der Waals surface area contributed by atoms with Gasteiger partial charge in [0.2, 0.25) is 0 Å². The predicted octanol–water partition coefficient (Wildman–Crippen LogP) is 3.22. The lowest BCUT2D eigenvalue weighted by Crippen LogP contribution is -2.20. The molecule has 0 unspecified atom stereocenters. The van der Waals surface area contributed by atoms with Gasteiger partial charge in [0, 0.05) is 13.6 Å². The van der Waals surface area contributed by atoms with Crippen molar-refractivity contribution in [2.24, 2.45) is 0 Å². The van der Waals surface area contributed by atoms with Crippen molar-refractivity contribution in [1.29, 1.82) is 0 Å². The maximum Gasteiger partial charge on any atom is 0.340 e. The maximum absolute atomic E-state index is 13.5. The molecule has 1 aromatic heterocycles. The molecule has 0 amide bonds. The van der Waals surface area contributed by atoms with Gasteiger partial charge in [0.05, 0.1) is 5.69 Å². The fraction of sp³-hybridized carbons (Fsp3) is 0.154. The van der Waals surface area contributed by atoms with Crippen LogP contribution in [0.4, 0.5) is 10.1 Å². The van der Waals surface area contributed by atoms with Gasteiger partial charge in [-0.15, -0.1) is 0 Å². The van der Waals surface area contributed by atoms with Crippen molar-refractivity contribution in [3.05, 3.63) is 52.0 Å². The van der Waals surface area contributed by atoms with E-state index in [1.807, 2.05) is 16.8 Å². The van der Waals surface area contributed by atoms with Crippen LogP contribution in [0.25, 0.3) is 0 Å². The van der Waals surface area contributed by atoms with Crippen LogP contribution < -0.4 is 4.90 Å². The number of halogens is 1. The predicted molar refractivity (Wildman–Crippen MR) is 69.8 cm³/mol. The SMILES string of the molecule is CN(Cc1ccsc1)c1cccc(F)c1C(=O)O. The molecule has 2 aromatic rings. The van der Waals surface area contributed by atoms with Crippen LogP contribution in [0, 0.1) is 5.82 Å². The normalized spacial score (nSPS) is 10.3. The Morgan fingerprint density at radius 2 is 2.22 bits per heavy atom. The average Bonchev–Trinajstić information content (AvgIpc) is 2.80. The molecule has 0 radical (unpaired) electrons. The van der Waals surface area contributed by atoms with Crippen molar-refractivity contribution >= 4 is 23.0 Å². The Hall–Kier alpha value is -1.88. The van der Waals surface area contributed by atoms with Crippen LogP contribution in [0.5, 0.6) is 0 Å². The number of thiophene rings is 1. The summed E-state index contributed by atoms with van der Waals surface area (Å²) < 4.78 is 13.5. The molecule has 0 bridgehead atoms. The summed E-state index contributed by atoms with van der Waals surface area (Å²) in [5.41, 5.74) is 1.17. The number of carbonyl (C=O) groups is 1. The van der Waals surface area contributed by atoms with Crippen molar-refractivity contribution < 1.29 is 14.3 Å². The van der Waals surface area contributed by atoms with Crippen molar-refractivity contribution in [2.75, 3.05) is 11.9 Å². The fourth-order valence-corrected chi connectivity index (χ4v) is 2.44. The lowest BCUT2D eigenvalue weighted by Gasteiger charge is -2.20. The van der Waals surface area contributed by atoms with Crippen LogP contribution in [0.3, 0.4) is 0 Å². The van der Waals surface area contributed by atoms with Gasteiger partial charge in [0.15, 0.2) is 0 Å². The number of anilines is 1. The van der Waals surface area contributed by atoms with Crippen LogP contribution in [0.2, 0.25) is 0 Å². The quantitative estimate of drug-likeness (QED) is 0.922. The number of carboxylic acids is 1. The molecule has 0 saturated carbocycles. The van der Waals surface area contributed by atoms with E-state index >= 15 is 0 Å². The zero-order chi connectivity index (χ0) is 13.1. The highest BCUT2D eigenvalue weighted by Crippen LogP contribution is 2.24. The Morgan fingerprint density at radius 1 is 1.44 bits per heavy atom. The van der Waals surface area contributed by atoms with Crippen LogP contribution in [-0.2, 0) is 6.54 Å². The molecule has 0 saturated heterocycles. The number of benzene rings is 1. The highest BCUT2D eigenvalue weighted by molar-refractivity contribution is 7.07. The van der Waals surface area contributed by atoms with Gasteiger partial charge >= 0.3 is 5.97 Å². The third-order valence-corrected chi connectivity index (χ3v) is 3.35. The van der Waals surface area contributed by atoms with E-state index < -0.39 is 11.8 Å². The van der Waals surface area contributed by atoms with Gasteiger partial charge in [-0.25, -0.2) is 9.18 Å². The Bertz CT molecular complexity index is 554. The first-order valence-corrected chi connectivity index (χ1v) is 6.28. The zero-order valence-corrected chi connectivity index (χ0v) is 10.6. The summed E-state index contributed by atoms with van der Waals surface area (Å²) in [5, 5.41) is 13.0. The van der Waals surface area contributed by atoms with Gasteiger partial charge in [-0.2, -0.15) is 11.3 Å². The highest BCUT2D eigenvalue weighted by atomic mass is 32.1. The molecule has 1 N–H and O–H groups in total. The minimum Gasteiger partial charge on any atom is -0.478 e. The van der Waals surface area contributed by atoms with Crippen molar-refractivity contribution in [3.63, 3.8) is 0 Å². The number of rotatable bonds is 4. The molecule has 0 fully saturated rings. The van der Waals surface area contributed by atoms with Crippen molar-refractivity contribution in [1.82, 2.24) is 0 Å². The minimum absolute atomic E-state index is 0.282. The number of aromatic carboxylic acids is 1. The van der Waals surface area contributed by atoms with E-state index in [0.29, 0.717) is 12.2 Å². The summed E-state index contributed by atoms with van der Waals surface area (Å²) in [6, 6.07) is 6.24. The van der Waals surface area contributed by atoms with E-state index in [9.17, 15) is 9.18 Å². The van der Waals surface area contributed by atoms with E-state index in [1.165, 1.54) is 6.07 Å². The summed E-state index contributed by atoms with van der Waals surface area (Å²) in [6.07, 6.45) is 0. The third kappa shape index (κ3) is 2.51. The van der Waals surface area contributed by atoms with Gasteiger partial charge in [-0.1, -0.05) is 6.07 Å². The van der Waals surface area contributed by atoms with Crippen LogP contribution >= 0.6 is 11.3 Å². The molecule has 5 heteroatoms. The Labute approximate surface area is 108 Å². The van der Waals surface area contributed by atoms with Crippen molar-refractivity contribution in [3.8, 4) is 0 Å². The van der Waals surface area contributed by atoms with Crippen LogP contribution in [0.1, 0.15) is 15.9 Å². The van der Waals surface area contributed by atoms with E-state index in [4.69, 9.17) is 5.11 Å². The van der Waals surface area contributed by atoms with E-state index in [0.717, 1.165) is 11.6 Å². The topological polar surface area (TPSA) is 40.5 Å². The lowest BCUT2D eigenvalue weighted by molar-refractivity contribution is 0.0692. The number of hydrogen-bond acceptors (Lipinski definition) is 3. The van der Waals surface area contributed by atoms with Crippen molar-refractivity contribution in [2.45, 2.75) is 6.54 Å². The standard InChI is InChI=1S/C13H12FNO2S/c1-15(7-9-5-6-18-8-9)11-4-2-3-10(14)12(11)13(16)17/h2-6,8H,7H2,1H3,(H,16,17). The first-order chi connectivity index (χ1) is 8.59. The number of nitrogens with zero attached hydrogens (tertiary/aromatic N) is 1. The lowest BCUT2D eigenvalue weighted by atomic mass is 10.1. The number of carboxylic acid groups (broad SMARTS) is 1. The molecule has 1 aromatic carbocycles. The molecule has 18 heavy (non-hydrogen) atoms. The summed E-state index contributed by atoms with van der Waals surface area (Å²) in [4.78, 5) is 12.8. The van der Waals surface area contributed by atoms with E-state index in [-0.39, 0.29) is 5.56 Å². The summed E-state index contributed by atoms with van der Waals surface area (Å²) >= 11 is 1.57. The first-order valence-electron chi connectivity index (χ1n) is 5.33. The molecule has 0 aliphatic rings. The molecule has 1 heterocycles. The zero-order valence-electron chi connectivity index (χ0n) is 9.76. The second-order valence-electron chi connectivity index (χ2n) is 3.93. The third-order valence-electron chi connectivity index (χ3n) is 2.62. The van der Waals surface area contributed by atoms with Crippen LogP contribution in [0.15, 0.2) is 35.0 Å². The molecule has 0 atom stereocenters. The Balaban J connectivity index is 2.32. The summed E-state index contributed by atoms with van der Waals surface area (Å²) in [7, 11) is 1.75. The Kier molecular flexibility index (Phi) is 3.62. The van der Waals surface area contributed by atoms with E-state index in [2.05, 4.69) is 0 Å². The second kappa shape index (κ2) is 5.18. The molecule has 0 aliphatic heterocycles. The summed E-state index contributed by atoms with van der Waals surface area (Å²) in [5.74, 6) is -1.96. The average molecular weight is 265 g/mol. The smallest absolute Gasteiger partial charge is 0.340 e. The monoisotopic (exact) mass is 265 g/mol. The summed E-state index contributed by atoms with van der Waals surface area (Å²) in [6.45, 7) is 0.549. The highest BCUT2D eigenvalue weighted by Gasteiger charge is 2.18. The van der Waals surface area contributed by atoms with Gasteiger partial charge in [0.25, 0.3) is 0 Å². The molecule has 94 valence electrons. The minimum atomic E-state index is -1.25. The van der Waals surface area contributed by atoms with Gasteiger partial charge in [-0.05, 0) is 34.5 Å². The Morgan fingerprint density at radius 3 is 2.83 bits per heavy atom. The molecule has 0 aliphatic carbocycles. The largest absolute Gasteiger partial charge is 0.478 e.